The zero-order valence-corrected chi connectivity index (χ0v) is 11.0. The van der Waals surface area contributed by atoms with E-state index >= 15 is 0 Å². The third-order valence-corrected chi connectivity index (χ3v) is 2.71. The zero-order valence-electron chi connectivity index (χ0n) is 11.0. The fourth-order valence-corrected chi connectivity index (χ4v) is 1.61. The van der Waals surface area contributed by atoms with E-state index in [1.807, 2.05) is 24.3 Å². The van der Waals surface area contributed by atoms with Crippen LogP contribution in [-0.2, 0) is 11.2 Å². The third kappa shape index (κ3) is 4.10. The number of methoxy groups -OCH3 is 1. The molecule has 0 radical (unpaired) electrons. The molecule has 0 aliphatic rings. The number of likely N-dealkylation sites (N-methyl/N-ethyl adjacent to an activating group) is 1. The lowest BCUT2D eigenvalue weighted by Gasteiger charge is -2.18. The summed E-state index contributed by atoms with van der Waals surface area (Å²) >= 11 is 0. The van der Waals surface area contributed by atoms with Crippen LogP contribution in [-0.4, -0.2) is 31.5 Å². The maximum absolute atomic E-state index is 11.9. The highest BCUT2D eigenvalue weighted by Crippen LogP contribution is 2.12. The van der Waals surface area contributed by atoms with Crippen LogP contribution < -0.4 is 4.74 Å². The SMILES string of the molecule is COc1ccc(CC(=O)N(C)CC(C)C#N)cc1. The van der Waals surface area contributed by atoms with E-state index in [2.05, 4.69) is 6.07 Å². The van der Waals surface area contributed by atoms with Crippen molar-refractivity contribution in [2.75, 3.05) is 20.7 Å². The molecule has 18 heavy (non-hydrogen) atoms. The Labute approximate surface area is 108 Å². The maximum atomic E-state index is 11.9. The second kappa shape index (κ2) is 6.65. The monoisotopic (exact) mass is 246 g/mol. The number of hydrogen-bond acceptors (Lipinski definition) is 3. The Balaban J connectivity index is 2.55. The molecule has 4 nitrogen and oxygen atoms in total. The molecule has 0 heterocycles. The molecule has 0 aliphatic carbocycles. The fraction of sp³-hybridized carbons (Fsp3) is 0.429. The van der Waals surface area contributed by atoms with Crippen molar-refractivity contribution in [2.45, 2.75) is 13.3 Å². The van der Waals surface area contributed by atoms with Gasteiger partial charge in [0.25, 0.3) is 0 Å². The Kier molecular flexibility index (Phi) is 5.19. The Bertz CT molecular complexity index is 434. The van der Waals surface area contributed by atoms with Crippen LogP contribution >= 0.6 is 0 Å². The first-order valence-corrected chi connectivity index (χ1v) is 5.83. The second-order valence-corrected chi connectivity index (χ2v) is 4.33. The summed E-state index contributed by atoms with van der Waals surface area (Å²) in [6, 6.07) is 9.53. The number of benzene rings is 1. The predicted octanol–water partition coefficient (Wildman–Crippen LogP) is 1.86. The highest BCUT2D eigenvalue weighted by atomic mass is 16.5. The largest absolute Gasteiger partial charge is 0.497 e. The van der Waals surface area contributed by atoms with Crippen LogP contribution in [0.4, 0.5) is 0 Å². The van der Waals surface area contributed by atoms with Gasteiger partial charge in [-0.3, -0.25) is 4.79 Å². The van der Waals surface area contributed by atoms with Gasteiger partial charge in [-0.1, -0.05) is 12.1 Å². The number of carbonyl (C=O) groups is 1. The molecule has 0 aromatic heterocycles. The van der Waals surface area contributed by atoms with Gasteiger partial charge in [-0.15, -0.1) is 0 Å². The number of hydrogen-bond donors (Lipinski definition) is 0. The van der Waals surface area contributed by atoms with Gasteiger partial charge in [0.2, 0.25) is 5.91 Å². The summed E-state index contributed by atoms with van der Waals surface area (Å²) < 4.78 is 5.06. The van der Waals surface area contributed by atoms with Crippen molar-refractivity contribution in [2.24, 2.45) is 5.92 Å². The van der Waals surface area contributed by atoms with Gasteiger partial charge in [-0.25, -0.2) is 0 Å². The van der Waals surface area contributed by atoms with Gasteiger partial charge in [-0.05, 0) is 24.6 Å². The van der Waals surface area contributed by atoms with Crippen molar-refractivity contribution < 1.29 is 9.53 Å². The molecular weight excluding hydrogens is 228 g/mol. The first-order chi connectivity index (χ1) is 8.56. The molecule has 1 aromatic rings. The van der Waals surface area contributed by atoms with E-state index in [1.165, 1.54) is 0 Å². The van der Waals surface area contributed by atoms with E-state index in [1.54, 1.807) is 26.0 Å². The molecular formula is C14H18N2O2. The molecule has 1 amide bonds. The van der Waals surface area contributed by atoms with E-state index < -0.39 is 0 Å². The molecule has 0 spiro atoms. The lowest BCUT2D eigenvalue weighted by atomic mass is 10.1. The Morgan fingerprint density at radius 1 is 1.44 bits per heavy atom. The third-order valence-electron chi connectivity index (χ3n) is 2.71. The van der Waals surface area contributed by atoms with Crippen molar-refractivity contribution in [3.05, 3.63) is 29.8 Å². The summed E-state index contributed by atoms with van der Waals surface area (Å²) in [5, 5.41) is 8.71. The molecule has 0 saturated heterocycles. The lowest BCUT2D eigenvalue weighted by molar-refractivity contribution is -0.129. The summed E-state index contributed by atoms with van der Waals surface area (Å²) in [7, 11) is 3.33. The maximum Gasteiger partial charge on any atom is 0.226 e. The first-order valence-electron chi connectivity index (χ1n) is 5.83. The topological polar surface area (TPSA) is 53.3 Å². The van der Waals surface area contributed by atoms with Gasteiger partial charge in [0.05, 0.1) is 25.5 Å². The van der Waals surface area contributed by atoms with Crippen molar-refractivity contribution in [1.82, 2.24) is 4.90 Å². The van der Waals surface area contributed by atoms with E-state index in [0.717, 1.165) is 11.3 Å². The molecule has 0 saturated carbocycles. The number of rotatable bonds is 5. The Morgan fingerprint density at radius 3 is 2.56 bits per heavy atom. The van der Waals surface area contributed by atoms with Crippen molar-refractivity contribution in [3.8, 4) is 11.8 Å². The molecule has 0 fully saturated rings. The van der Waals surface area contributed by atoms with Crippen molar-refractivity contribution in [3.63, 3.8) is 0 Å². The standard InChI is InChI=1S/C14H18N2O2/c1-11(9-15)10-16(2)14(17)8-12-4-6-13(18-3)7-5-12/h4-7,11H,8,10H2,1-3H3. The smallest absolute Gasteiger partial charge is 0.226 e. The van der Waals surface area contributed by atoms with Gasteiger partial charge in [0.1, 0.15) is 5.75 Å². The van der Waals surface area contributed by atoms with Crippen LogP contribution in [0, 0.1) is 17.2 Å². The molecule has 1 aromatic carbocycles. The minimum absolute atomic E-state index is 0.0160. The van der Waals surface area contributed by atoms with Crippen LogP contribution in [0.25, 0.3) is 0 Å². The minimum Gasteiger partial charge on any atom is -0.497 e. The summed E-state index contributed by atoms with van der Waals surface area (Å²) in [5.74, 6) is 0.648. The molecule has 0 bridgehead atoms. The molecule has 0 aliphatic heterocycles. The van der Waals surface area contributed by atoms with Crippen LogP contribution in [0.1, 0.15) is 12.5 Å². The number of nitrogens with zero attached hydrogens (tertiary/aromatic N) is 2. The second-order valence-electron chi connectivity index (χ2n) is 4.33. The number of ether oxygens (including phenoxy) is 1. The fourth-order valence-electron chi connectivity index (χ4n) is 1.61. The van der Waals surface area contributed by atoms with E-state index in [4.69, 9.17) is 10.00 Å². The Morgan fingerprint density at radius 2 is 2.06 bits per heavy atom. The molecule has 96 valence electrons. The van der Waals surface area contributed by atoms with Gasteiger partial charge in [0.15, 0.2) is 0 Å². The molecule has 0 N–H and O–H groups in total. The average Bonchev–Trinajstić information content (AvgIpc) is 2.39. The van der Waals surface area contributed by atoms with Gasteiger partial charge in [-0.2, -0.15) is 5.26 Å². The van der Waals surface area contributed by atoms with Crippen LogP contribution in [0.2, 0.25) is 0 Å². The number of nitriles is 1. The van der Waals surface area contributed by atoms with E-state index in [0.29, 0.717) is 13.0 Å². The van der Waals surface area contributed by atoms with Gasteiger partial charge in [0, 0.05) is 13.6 Å². The Hall–Kier alpha value is -2.02. The predicted molar refractivity (Wildman–Crippen MR) is 69.1 cm³/mol. The average molecular weight is 246 g/mol. The van der Waals surface area contributed by atoms with Gasteiger partial charge >= 0.3 is 0 Å². The summed E-state index contributed by atoms with van der Waals surface area (Å²) in [4.78, 5) is 13.5. The number of amides is 1. The molecule has 1 rings (SSSR count). The van der Waals surface area contributed by atoms with E-state index in [9.17, 15) is 4.79 Å². The van der Waals surface area contributed by atoms with Crippen LogP contribution in [0.3, 0.4) is 0 Å². The van der Waals surface area contributed by atoms with Gasteiger partial charge < -0.3 is 9.64 Å². The highest BCUT2D eigenvalue weighted by molar-refractivity contribution is 5.78. The molecule has 1 unspecified atom stereocenters. The van der Waals surface area contributed by atoms with Crippen LogP contribution in [0.5, 0.6) is 5.75 Å². The van der Waals surface area contributed by atoms with Crippen LogP contribution in [0.15, 0.2) is 24.3 Å². The molecule has 1 atom stereocenters. The first kappa shape index (κ1) is 14.0. The highest BCUT2D eigenvalue weighted by Gasteiger charge is 2.12. The van der Waals surface area contributed by atoms with E-state index in [-0.39, 0.29) is 11.8 Å². The quantitative estimate of drug-likeness (QED) is 0.796. The summed E-state index contributed by atoms with van der Waals surface area (Å²) in [5.41, 5.74) is 0.942. The zero-order chi connectivity index (χ0) is 13.5. The number of carbonyl (C=O) groups excluding carboxylic acids is 1. The van der Waals surface area contributed by atoms with Crippen molar-refractivity contribution >= 4 is 5.91 Å². The minimum atomic E-state index is -0.144. The van der Waals surface area contributed by atoms with Crippen molar-refractivity contribution in [1.29, 1.82) is 5.26 Å². The summed E-state index contributed by atoms with van der Waals surface area (Å²) in [6.45, 7) is 2.27. The molecule has 4 heteroatoms. The lowest BCUT2D eigenvalue weighted by Crippen LogP contribution is -2.31. The normalized spacial score (nSPS) is 11.4. The summed E-state index contributed by atoms with van der Waals surface area (Å²) in [6.07, 6.45) is 0.346.